The van der Waals surface area contributed by atoms with E-state index in [1.54, 1.807) is 7.11 Å². The van der Waals surface area contributed by atoms with Crippen LogP contribution in [0, 0.1) is 0 Å². The van der Waals surface area contributed by atoms with Gasteiger partial charge >= 0.3 is 0 Å². The number of rotatable bonds is 6. The summed E-state index contributed by atoms with van der Waals surface area (Å²) in [5, 5.41) is 3.42. The Morgan fingerprint density at radius 3 is 2.45 bits per heavy atom. The van der Waals surface area contributed by atoms with Crippen molar-refractivity contribution in [1.82, 2.24) is 15.1 Å². The van der Waals surface area contributed by atoms with E-state index in [4.69, 9.17) is 4.74 Å². The molecule has 1 atom stereocenters. The fourth-order valence-electron chi connectivity index (χ4n) is 3.05. The largest absolute Gasteiger partial charge is 0.496 e. The van der Waals surface area contributed by atoms with Gasteiger partial charge in [0.05, 0.1) is 13.2 Å². The zero-order valence-electron chi connectivity index (χ0n) is 14.7. The summed E-state index contributed by atoms with van der Waals surface area (Å²) in [5.41, 5.74) is 2.68. The van der Waals surface area contributed by atoms with Crippen LogP contribution in [-0.2, 0) is 0 Å². The highest BCUT2D eigenvalue weighted by atomic mass is 16.5. The number of benzene rings is 1. The third-order valence-corrected chi connectivity index (χ3v) is 4.54. The third kappa shape index (κ3) is 4.22. The maximum absolute atomic E-state index is 5.64. The molecule has 1 saturated heterocycles. The molecule has 1 aliphatic rings. The Hall–Kier alpha value is -1.10. The molecule has 1 N–H and O–H groups in total. The van der Waals surface area contributed by atoms with Crippen LogP contribution in [-0.4, -0.2) is 63.7 Å². The van der Waals surface area contributed by atoms with Crippen LogP contribution in [0.1, 0.15) is 36.9 Å². The van der Waals surface area contributed by atoms with E-state index in [1.807, 2.05) is 0 Å². The lowest BCUT2D eigenvalue weighted by atomic mass is 9.96. The summed E-state index contributed by atoms with van der Waals surface area (Å²) >= 11 is 0. The smallest absolute Gasteiger partial charge is 0.123 e. The SMILES string of the molecule is COc1ccc(C(C)C)cc1C(CN1CCNCC1)N(C)C. The first-order chi connectivity index (χ1) is 10.5. The zero-order chi connectivity index (χ0) is 16.1. The fraction of sp³-hybridized carbons (Fsp3) is 0.667. The molecule has 1 aromatic rings. The van der Waals surface area contributed by atoms with Crippen molar-refractivity contribution >= 4 is 0 Å². The first kappa shape index (κ1) is 17.3. The van der Waals surface area contributed by atoms with Crippen molar-refractivity contribution < 1.29 is 4.74 Å². The van der Waals surface area contributed by atoms with E-state index in [1.165, 1.54) is 11.1 Å². The number of likely N-dealkylation sites (N-methyl/N-ethyl adjacent to an activating group) is 1. The minimum Gasteiger partial charge on any atom is -0.496 e. The average molecular weight is 305 g/mol. The van der Waals surface area contributed by atoms with Crippen molar-refractivity contribution in [1.29, 1.82) is 0 Å². The summed E-state index contributed by atoms with van der Waals surface area (Å²) in [6, 6.07) is 6.99. The second kappa shape index (κ2) is 7.95. The van der Waals surface area contributed by atoms with Gasteiger partial charge in [-0.1, -0.05) is 26.0 Å². The molecular formula is C18H31N3O. The van der Waals surface area contributed by atoms with Gasteiger partial charge < -0.3 is 15.0 Å². The van der Waals surface area contributed by atoms with Gasteiger partial charge in [-0.25, -0.2) is 0 Å². The van der Waals surface area contributed by atoms with Gasteiger partial charge in [0, 0.05) is 38.3 Å². The van der Waals surface area contributed by atoms with Gasteiger partial charge in [0.2, 0.25) is 0 Å². The van der Waals surface area contributed by atoms with Crippen molar-refractivity contribution in [3.8, 4) is 5.75 Å². The van der Waals surface area contributed by atoms with Crippen LogP contribution in [0.25, 0.3) is 0 Å². The molecule has 0 aromatic heterocycles. The molecule has 0 aliphatic carbocycles. The van der Waals surface area contributed by atoms with E-state index in [0.717, 1.165) is 38.5 Å². The summed E-state index contributed by atoms with van der Waals surface area (Å²) in [4.78, 5) is 4.85. The molecule has 22 heavy (non-hydrogen) atoms. The van der Waals surface area contributed by atoms with Gasteiger partial charge in [-0.05, 0) is 31.6 Å². The lowest BCUT2D eigenvalue weighted by molar-refractivity contribution is 0.166. The van der Waals surface area contributed by atoms with Gasteiger partial charge in [-0.15, -0.1) is 0 Å². The van der Waals surface area contributed by atoms with Gasteiger partial charge in [-0.2, -0.15) is 0 Å². The van der Waals surface area contributed by atoms with Gasteiger partial charge in [0.15, 0.2) is 0 Å². The van der Waals surface area contributed by atoms with Crippen LogP contribution in [0.5, 0.6) is 5.75 Å². The van der Waals surface area contributed by atoms with E-state index in [0.29, 0.717) is 12.0 Å². The Morgan fingerprint density at radius 1 is 1.23 bits per heavy atom. The standard InChI is InChI=1S/C18H31N3O/c1-14(2)15-6-7-18(22-5)16(12-15)17(20(3)4)13-21-10-8-19-9-11-21/h6-7,12,14,17,19H,8-11,13H2,1-5H3. The highest BCUT2D eigenvalue weighted by molar-refractivity contribution is 5.40. The molecule has 2 rings (SSSR count). The summed E-state index contributed by atoms with van der Waals surface area (Å²) in [6.07, 6.45) is 0. The molecule has 1 heterocycles. The van der Waals surface area contributed by atoms with Crippen LogP contribution in [0.2, 0.25) is 0 Å². The normalized spacial score (nSPS) is 18.0. The van der Waals surface area contributed by atoms with Gasteiger partial charge in [0.1, 0.15) is 5.75 Å². The molecule has 0 bridgehead atoms. The number of ether oxygens (including phenoxy) is 1. The molecular weight excluding hydrogens is 274 g/mol. The van der Waals surface area contributed by atoms with E-state index in [-0.39, 0.29) is 0 Å². The second-order valence-electron chi connectivity index (χ2n) is 6.69. The highest BCUT2D eigenvalue weighted by Crippen LogP contribution is 2.32. The van der Waals surface area contributed by atoms with E-state index >= 15 is 0 Å². The van der Waals surface area contributed by atoms with Crippen LogP contribution < -0.4 is 10.1 Å². The maximum Gasteiger partial charge on any atom is 0.123 e. The van der Waals surface area contributed by atoms with E-state index < -0.39 is 0 Å². The Bertz CT molecular complexity index is 467. The average Bonchev–Trinajstić information content (AvgIpc) is 2.52. The lowest BCUT2D eigenvalue weighted by Crippen LogP contribution is -2.46. The minimum atomic E-state index is 0.353. The van der Waals surface area contributed by atoms with Crippen molar-refractivity contribution in [2.24, 2.45) is 0 Å². The molecule has 1 aromatic carbocycles. The van der Waals surface area contributed by atoms with Crippen LogP contribution in [0.4, 0.5) is 0 Å². The van der Waals surface area contributed by atoms with E-state index in [9.17, 15) is 0 Å². The summed E-state index contributed by atoms with van der Waals surface area (Å²) in [7, 11) is 6.09. The number of piperazine rings is 1. The summed E-state index contributed by atoms with van der Waals surface area (Å²) in [6.45, 7) is 9.95. The predicted molar refractivity (Wildman–Crippen MR) is 92.8 cm³/mol. The number of hydrogen-bond acceptors (Lipinski definition) is 4. The van der Waals surface area contributed by atoms with Crippen LogP contribution >= 0.6 is 0 Å². The molecule has 1 unspecified atom stereocenters. The first-order valence-electron chi connectivity index (χ1n) is 8.30. The van der Waals surface area contributed by atoms with Crippen molar-refractivity contribution in [3.05, 3.63) is 29.3 Å². The van der Waals surface area contributed by atoms with Gasteiger partial charge in [0.25, 0.3) is 0 Å². The Labute approximate surface area is 135 Å². The minimum absolute atomic E-state index is 0.353. The van der Waals surface area contributed by atoms with E-state index in [2.05, 4.69) is 61.3 Å². The molecule has 4 nitrogen and oxygen atoms in total. The summed E-state index contributed by atoms with van der Waals surface area (Å²) < 4.78 is 5.64. The third-order valence-electron chi connectivity index (χ3n) is 4.54. The number of nitrogens with one attached hydrogen (secondary N) is 1. The molecule has 0 spiro atoms. The number of nitrogens with zero attached hydrogens (tertiary/aromatic N) is 2. The molecule has 0 saturated carbocycles. The molecule has 0 radical (unpaired) electrons. The number of methoxy groups -OCH3 is 1. The zero-order valence-corrected chi connectivity index (χ0v) is 14.7. The topological polar surface area (TPSA) is 27.7 Å². The molecule has 4 heteroatoms. The Balaban J connectivity index is 2.27. The molecule has 124 valence electrons. The van der Waals surface area contributed by atoms with Crippen molar-refractivity contribution in [2.75, 3.05) is 53.9 Å². The molecule has 1 fully saturated rings. The second-order valence-corrected chi connectivity index (χ2v) is 6.69. The quantitative estimate of drug-likeness (QED) is 0.873. The molecule has 1 aliphatic heterocycles. The lowest BCUT2D eigenvalue weighted by Gasteiger charge is -2.34. The first-order valence-corrected chi connectivity index (χ1v) is 8.30. The predicted octanol–water partition coefficient (Wildman–Crippen LogP) is 2.33. The van der Waals surface area contributed by atoms with Crippen molar-refractivity contribution in [3.63, 3.8) is 0 Å². The highest BCUT2D eigenvalue weighted by Gasteiger charge is 2.23. The summed E-state index contributed by atoms with van der Waals surface area (Å²) in [5.74, 6) is 1.53. The van der Waals surface area contributed by atoms with Crippen LogP contribution in [0.15, 0.2) is 18.2 Å². The maximum atomic E-state index is 5.64. The van der Waals surface area contributed by atoms with Gasteiger partial charge in [-0.3, -0.25) is 4.90 Å². The van der Waals surface area contributed by atoms with Crippen molar-refractivity contribution in [2.45, 2.75) is 25.8 Å². The Kier molecular flexibility index (Phi) is 6.24. The Morgan fingerprint density at radius 2 is 1.91 bits per heavy atom. The molecule has 0 amide bonds. The fourth-order valence-corrected chi connectivity index (χ4v) is 3.05. The monoisotopic (exact) mass is 305 g/mol. The number of hydrogen-bond donors (Lipinski definition) is 1. The van der Waals surface area contributed by atoms with Crippen LogP contribution in [0.3, 0.4) is 0 Å².